The molecule has 18 heavy (non-hydrogen) atoms. The van der Waals surface area contributed by atoms with Crippen LogP contribution < -0.4 is 0 Å². The number of halogens is 1. The van der Waals surface area contributed by atoms with E-state index >= 15 is 0 Å². The summed E-state index contributed by atoms with van der Waals surface area (Å²) in [6, 6.07) is 4.98. The maximum absolute atomic E-state index is 13.4. The number of hydrogen-bond acceptors (Lipinski definition) is 4. The Morgan fingerprint density at radius 1 is 1.50 bits per heavy atom. The number of aryl methyl sites for hydroxylation is 1. The van der Waals surface area contributed by atoms with Crippen molar-refractivity contribution in [3.05, 3.63) is 40.0 Å². The summed E-state index contributed by atoms with van der Waals surface area (Å²) in [6.07, 6.45) is 0.148. The number of esters is 1. The standard InChI is InChI=1S/C13H12FNO2S/c1-8-3-4-9(5-10(8)14)11-7-18-12(15-11)6-13(16)17-2/h3-5,7H,6H2,1-2H3. The Hall–Kier alpha value is -1.75. The van der Waals surface area contributed by atoms with Gasteiger partial charge in [-0.2, -0.15) is 0 Å². The van der Waals surface area contributed by atoms with E-state index in [4.69, 9.17) is 0 Å². The van der Waals surface area contributed by atoms with E-state index in [0.29, 0.717) is 21.8 Å². The van der Waals surface area contributed by atoms with E-state index in [1.165, 1.54) is 24.5 Å². The van der Waals surface area contributed by atoms with E-state index < -0.39 is 0 Å². The van der Waals surface area contributed by atoms with Crippen LogP contribution in [0, 0.1) is 12.7 Å². The second-order valence-corrected chi connectivity index (χ2v) is 4.79. The van der Waals surface area contributed by atoms with Gasteiger partial charge >= 0.3 is 5.97 Å². The smallest absolute Gasteiger partial charge is 0.312 e. The molecule has 0 aliphatic heterocycles. The largest absolute Gasteiger partial charge is 0.469 e. The van der Waals surface area contributed by atoms with Gasteiger partial charge in [-0.3, -0.25) is 4.79 Å². The maximum atomic E-state index is 13.4. The lowest BCUT2D eigenvalue weighted by atomic mass is 10.1. The molecule has 0 amide bonds. The lowest BCUT2D eigenvalue weighted by molar-refractivity contribution is -0.139. The van der Waals surface area contributed by atoms with Gasteiger partial charge in [0.2, 0.25) is 0 Å². The summed E-state index contributed by atoms with van der Waals surface area (Å²) >= 11 is 1.36. The molecule has 5 heteroatoms. The molecule has 0 bridgehead atoms. The predicted molar refractivity (Wildman–Crippen MR) is 68.0 cm³/mol. The van der Waals surface area contributed by atoms with Crippen molar-refractivity contribution >= 4 is 17.3 Å². The number of benzene rings is 1. The number of methoxy groups -OCH3 is 1. The molecule has 0 unspecified atom stereocenters. The highest BCUT2D eigenvalue weighted by Crippen LogP contribution is 2.24. The van der Waals surface area contributed by atoms with Gasteiger partial charge in [0.1, 0.15) is 10.8 Å². The van der Waals surface area contributed by atoms with Crippen LogP contribution in [0.5, 0.6) is 0 Å². The number of aromatic nitrogens is 1. The van der Waals surface area contributed by atoms with Gasteiger partial charge in [0, 0.05) is 10.9 Å². The van der Waals surface area contributed by atoms with E-state index in [2.05, 4.69) is 9.72 Å². The van der Waals surface area contributed by atoms with Crippen LogP contribution in [0.25, 0.3) is 11.3 Å². The van der Waals surface area contributed by atoms with E-state index in [1.54, 1.807) is 13.0 Å². The van der Waals surface area contributed by atoms with Gasteiger partial charge in [0.25, 0.3) is 0 Å². The Balaban J connectivity index is 2.23. The number of rotatable bonds is 3. The molecule has 0 aliphatic carbocycles. The minimum absolute atomic E-state index is 0.148. The molecule has 0 spiro atoms. The third-order valence-electron chi connectivity index (χ3n) is 2.54. The fourth-order valence-corrected chi connectivity index (χ4v) is 2.26. The summed E-state index contributed by atoms with van der Waals surface area (Å²) in [5.41, 5.74) is 1.99. The van der Waals surface area contributed by atoms with Crippen LogP contribution in [-0.4, -0.2) is 18.1 Å². The van der Waals surface area contributed by atoms with Crippen LogP contribution in [-0.2, 0) is 16.0 Å². The highest BCUT2D eigenvalue weighted by Gasteiger charge is 2.10. The first-order valence-electron chi connectivity index (χ1n) is 5.38. The quantitative estimate of drug-likeness (QED) is 0.801. The molecular formula is C13H12FNO2S. The lowest BCUT2D eigenvalue weighted by Gasteiger charge is -1.99. The highest BCUT2D eigenvalue weighted by atomic mass is 32.1. The van der Waals surface area contributed by atoms with Gasteiger partial charge < -0.3 is 4.74 Å². The summed E-state index contributed by atoms with van der Waals surface area (Å²) in [5.74, 6) is -0.582. The zero-order valence-electron chi connectivity index (χ0n) is 10.1. The molecule has 0 saturated carbocycles. The van der Waals surface area contributed by atoms with Crippen molar-refractivity contribution in [2.45, 2.75) is 13.3 Å². The van der Waals surface area contributed by atoms with E-state index in [1.807, 2.05) is 11.4 Å². The van der Waals surface area contributed by atoms with Crippen LogP contribution in [0.3, 0.4) is 0 Å². The average molecular weight is 265 g/mol. The topological polar surface area (TPSA) is 39.2 Å². The first-order chi connectivity index (χ1) is 8.60. The third kappa shape index (κ3) is 2.73. The van der Waals surface area contributed by atoms with Gasteiger partial charge in [-0.15, -0.1) is 11.3 Å². The molecule has 2 aromatic rings. The van der Waals surface area contributed by atoms with E-state index in [0.717, 1.165) is 0 Å². The minimum atomic E-state index is -0.328. The molecule has 0 aliphatic rings. The summed E-state index contributed by atoms with van der Waals surface area (Å²) in [4.78, 5) is 15.4. The number of carbonyl (C=O) groups excluding carboxylic acids is 1. The van der Waals surface area contributed by atoms with Gasteiger partial charge in [0.05, 0.1) is 19.2 Å². The van der Waals surface area contributed by atoms with Crippen LogP contribution in [0.4, 0.5) is 4.39 Å². The predicted octanol–water partition coefficient (Wildman–Crippen LogP) is 2.97. The number of carbonyl (C=O) groups is 1. The van der Waals surface area contributed by atoms with Crippen molar-refractivity contribution in [1.29, 1.82) is 0 Å². The third-order valence-corrected chi connectivity index (χ3v) is 3.39. The average Bonchev–Trinajstić information content (AvgIpc) is 2.81. The van der Waals surface area contributed by atoms with E-state index in [9.17, 15) is 9.18 Å². The van der Waals surface area contributed by atoms with Gasteiger partial charge in [-0.25, -0.2) is 9.37 Å². The van der Waals surface area contributed by atoms with Gasteiger partial charge in [-0.1, -0.05) is 12.1 Å². The molecule has 2 rings (SSSR count). The van der Waals surface area contributed by atoms with Crippen LogP contribution in [0.2, 0.25) is 0 Å². The molecule has 3 nitrogen and oxygen atoms in total. The lowest BCUT2D eigenvalue weighted by Crippen LogP contribution is -2.03. The van der Waals surface area contributed by atoms with Gasteiger partial charge in [0.15, 0.2) is 0 Å². The Bertz CT molecular complexity index is 580. The number of nitrogens with zero attached hydrogens (tertiary/aromatic N) is 1. The van der Waals surface area contributed by atoms with Crippen molar-refractivity contribution in [3.8, 4) is 11.3 Å². The van der Waals surface area contributed by atoms with Crippen molar-refractivity contribution in [3.63, 3.8) is 0 Å². The van der Waals surface area contributed by atoms with Crippen molar-refractivity contribution in [2.75, 3.05) is 7.11 Å². The summed E-state index contributed by atoms with van der Waals surface area (Å²) in [5, 5.41) is 2.47. The van der Waals surface area contributed by atoms with E-state index in [-0.39, 0.29) is 18.2 Å². The fourth-order valence-electron chi connectivity index (χ4n) is 1.47. The molecule has 0 fully saturated rings. The number of ether oxygens (including phenoxy) is 1. The van der Waals surface area contributed by atoms with Gasteiger partial charge in [-0.05, 0) is 18.6 Å². The zero-order valence-corrected chi connectivity index (χ0v) is 10.9. The molecule has 0 N–H and O–H groups in total. The van der Waals surface area contributed by atoms with Crippen LogP contribution >= 0.6 is 11.3 Å². The summed E-state index contributed by atoms with van der Waals surface area (Å²) < 4.78 is 18.0. The fraction of sp³-hybridized carbons (Fsp3) is 0.231. The minimum Gasteiger partial charge on any atom is -0.469 e. The molecule has 1 heterocycles. The van der Waals surface area contributed by atoms with Crippen LogP contribution in [0.15, 0.2) is 23.6 Å². The molecule has 1 aromatic heterocycles. The second kappa shape index (κ2) is 5.27. The Morgan fingerprint density at radius 2 is 2.28 bits per heavy atom. The number of hydrogen-bond donors (Lipinski definition) is 0. The first-order valence-corrected chi connectivity index (χ1v) is 6.26. The molecule has 0 saturated heterocycles. The molecule has 0 radical (unpaired) electrons. The Morgan fingerprint density at radius 3 is 2.94 bits per heavy atom. The van der Waals surface area contributed by atoms with Crippen molar-refractivity contribution in [1.82, 2.24) is 4.98 Å². The maximum Gasteiger partial charge on any atom is 0.312 e. The highest BCUT2D eigenvalue weighted by molar-refractivity contribution is 7.10. The van der Waals surface area contributed by atoms with Crippen LogP contribution in [0.1, 0.15) is 10.6 Å². The monoisotopic (exact) mass is 265 g/mol. The number of thiazole rings is 1. The summed E-state index contributed by atoms with van der Waals surface area (Å²) in [6.45, 7) is 1.71. The molecule has 1 aromatic carbocycles. The Labute approximate surface area is 108 Å². The Kier molecular flexibility index (Phi) is 3.72. The first kappa shape index (κ1) is 12.7. The molecule has 0 atom stereocenters. The second-order valence-electron chi connectivity index (χ2n) is 3.84. The zero-order chi connectivity index (χ0) is 13.1. The molecule has 94 valence electrons. The normalized spacial score (nSPS) is 10.4. The summed E-state index contributed by atoms with van der Waals surface area (Å²) in [7, 11) is 1.34. The van der Waals surface area contributed by atoms with Crippen molar-refractivity contribution < 1.29 is 13.9 Å². The SMILES string of the molecule is COC(=O)Cc1nc(-c2ccc(C)c(F)c2)cs1. The molecular weight excluding hydrogens is 253 g/mol. The van der Waals surface area contributed by atoms with Crippen molar-refractivity contribution in [2.24, 2.45) is 0 Å².